The van der Waals surface area contributed by atoms with Crippen molar-refractivity contribution in [2.75, 3.05) is 5.75 Å². The van der Waals surface area contributed by atoms with Gasteiger partial charge in [0.2, 0.25) is 0 Å². The van der Waals surface area contributed by atoms with E-state index in [4.69, 9.17) is 0 Å². The van der Waals surface area contributed by atoms with Crippen molar-refractivity contribution in [3.8, 4) is 0 Å². The van der Waals surface area contributed by atoms with E-state index in [0.29, 0.717) is 0 Å². The van der Waals surface area contributed by atoms with Gasteiger partial charge in [0.15, 0.2) is 0 Å². The van der Waals surface area contributed by atoms with Gasteiger partial charge < -0.3 is 0 Å². The normalized spacial score (nSPS) is 32.5. The fourth-order valence-electron chi connectivity index (χ4n) is 0.307. The van der Waals surface area contributed by atoms with E-state index in [9.17, 15) is 0 Å². The summed E-state index contributed by atoms with van der Waals surface area (Å²) in [5, 5.41) is 0. The molecule has 0 aromatic rings. The van der Waals surface area contributed by atoms with Gasteiger partial charge in [0.25, 0.3) is 0 Å². The fraction of sp³-hybridized carbons (Fsp3) is 1.00. The molecule has 0 nitrogen and oxygen atoms in total. The van der Waals surface area contributed by atoms with Crippen LogP contribution in [-0.2, 0) is 0 Å². The summed E-state index contributed by atoms with van der Waals surface area (Å²) in [5.41, 5.74) is 0. The second-order valence-electron chi connectivity index (χ2n) is 1.21. The number of hydrogen-bond donors (Lipinski definition) is 0. The van der Waals surface area contributed by atoms with Gasteiger partial charge in [-0.15, -0.1) is 0 Å². The molecule has 3 heteroatoms. The summed E-state index contributed by atoms with van der Waals surface area (Å²) in [5.74, 6) is 1.41. The van der Waals surface area contributed by atoms with Gasteiger partial charge in [-0.1, -0.05) is 0 Å². The molecular formula is C3H5S2Sn. The predicted molar refractivity (Wildman–Crippen MR) is 34.2 cm³/mol. The molecule has 1 aliphatic heterocycles. The maximum absolute atomic E-state index is 2.09. The van der Waals surface area contributed by atoms with Crippen LogP contribution in [0.4, 0.5) is 0 Å². The first-order valence-electron chi connectivity index (χ1n) is 1.87. The summed E-state index contributed by atoms with van der Waals surface area (Å²) in [6, 6.07) is 0. The standard InChI is InChI=1S/C3H6S2.Sn/c4-3-1-2-5-3;/h3-4H,1-2H2;/q;+1/p-1. The zero-order valence-corrected chi connectivity index (χ0v) is 7.80. The number of hydrogen-bond acceptors (Lipinski definition) is 2. The topological polar surface area (TPSA) is 0 Å². The van der Waals surface area contributed by atoms with Gasteiger partial charge in [-0.05, 0) is 0 Å². The average molecular weight is 224 g/mol. The maximum atomic E-state index is 2.09. The van der Waals surface area contributed by atoms with Crippen LogP contribution < -0.4 is 0 Å². The van der Waals surface area contributed by atoms with Crippen LogP contribution in [0.15, 0.2) is 0 Å². The minimum atomic E-state index is 0.989. The van der Waals surface area contributed by atoms with Crippen LogP contribution in [0.1, 0.15) is 6.42 Å². The molecule has 0 amide bonds. The summed E-state index contributed by atoms with van der Waals surface area (Å²) >= 11 is 3.72. The average Bonchev–Trinajstić information content (AvgIpc) is 1.31. The van der Waals surface area contributed by atoms with Crippen molar-refractivity contribution >= 4 is 41.8 Å². The Labute approximate surface area is 58.4 Å². The van der Waals surface area contributed by atoms with Gasteiger partial charge in [0, 0.05) is 0 Å². The van der Waals surface area contributed by atoms with Gasteiger partial charge in [-0.2, -0.15) is 0 Å². The van der Waals surface area contributed by atoms with Gasteiger partial charge in [-0.3, -0.25) is 0 Å². The van der Waals surface area contributed by atoms with Crippen molar-refractivity contribution in [1.29, 1.82) is 0 Å². The van der Waals surface area contributed by atoms with Gasteiger partial charge in [-0.25, -0.2) is 0 Å². The molecule has 1 unspecified atom stereocenters. The Morgan fingerprint density at radius 3 is 2.50 bits per heavy atom. The molecule has 0 saturated carbocycles. The van der Waals surface area contributed by atoms with Crippen LogP contribution in [0.5, 0.6) is 0 Å². The summed E-state index contributed by atoms with van der Waals surface area (Å²) in [6.45, 7) is 0. The van der Waals surface area contributed by atoms with Gasteiger partial charge >= 0.3 is 58.6 Å². The van der Waals surface area contributed by atoms with Crippen LogP contribution in [0.25, 0.3) is 0 Å². The Balaban J connectivity index is 2.01. The fourth-order valence-corrected chi connectivity index (χ4v) is 4.46. The molecule has 33 valence electrons. The van der Waals surface area contributed by atoms with E-state index in [2.05, 4.69) is 20.7 Å². The first kappa shape index (κ1) is 5.63. The first-order valence-corrected chi connectivity index (χ1v) is 7.30. The summed E-state index contributed by atoms with van der Waals surface area (Å²) in [4.78, 5) is 0. The van der Waals surface area contributed by atoms with E-state index >= 15 is 0 Å². The van der Waals surface area contributed by atoms with E-state index in [1.807, 2.05) is 0 Å². The number of rotatable bonds is 1. The molecule has 1 heterocycles. The quantitative estimate of drug-likeness (QED) is 0.615. The molecule has 0 aromatic carbocycles. The Hall–Kier alpha value is 1.50. The van der Waals surface area contributed by atoms with E-state index in [1.54, 1.807) is 21.1 Å². The van der Waals surface area contributed by atoms with Gasteiger partial charge in [0.05, 0.1) is 0 Å². The van der Waals surface area contributed by atoms with Crippen molar-refractivity contribution in [2.24, 2.45) is 0 Å². The zero-order valence-electron chi connectivity index (χ0n) is 3.31. The monoisotopic (exact) mass is 225 g/mol. The minimum absolute atomic E-state index is 0.989. The van der Waals surface area contributed by atoms with Crippen LogP contribution >= 0.6 is 20.7 Å². The third-order valence-electron chi connectivity index (χ3n) is 0.789. The molecule has 3 radical (unpaired) electrons. The third kappa shape index (κ3) is 1.23. The Kier molecular flexibility index (Phi) is 2.55. The second kappa shape index (κ2) is 2.72. The van der Waals surface area contributed by atoms with E-state index in [-0.39, 0.29) is 0 Å². The van der Waals surface area contributed by atoms with Crippen molar-refractivity contribution in [1.82, 2.24) is 0 Å². The van der Waals surface area contributed by atoms with Crippen molar-refractivity contribution in [2.45, 2.75) is 11.0 Å². The Bertz CT molecular complexity index is 41.3. The first-order chi connectivity index (χ1) is 2.93. The molecule has 1 atom stereocenters. The molecule has 1 saturated heterocycles. The molecule has 1 rings (SSSR count). The molecule has 0 aliphatic carbocycles. The Morgan fingerprint density at radius 1 is 1.83 bits per heavy atom. The van der Waals surface area contributed by atoms with E-state index in [1.165, 1.54) is 12.2 Å². The van der Waals surface area contributed by atoms with Crippen LogP contribution in [-0.4, -0.2) is 31.5 Å². The van der Waals surface area contributed by atoms with E-state index < -0.39 is 0 Å². The summed E-state index contributed by atoms with van der Waals surface area (Å²) < 4.78 is 0.989. The Morgan fingerprint density at radius 2 is 2.50 bits per heavy atom. The predicted octanol–water partition coefficient (Wildman–Crippen LogP) is 1.27. The molecular weight excluding hydrogens is 219 g/mol. The molecule has 0 N–H and O–H groups in total. The third-order valence-corrected chi connectivity index (χ3v) is 6.96. The van der Waals surface area contributed by atoms with Crippen LogP contribution in [0.3, 0.4) is 0 Å². The van der Waals surface area contributed by atoms with Gasteiger partial charge in [0.1, 0.15) is 0 Å². The zero-order chi connectivity index (χ0) is 4.41. The molecule has 1 aliphatic rings. The van der Waals surface area contributed by atoms with Crippen LogP contribution in [0, 0.1) is 0 Å². The van der Waals surface area contributed by atoms with Crippen molar-refractivity contribution in [3.05, 3.63) is 0 Å². The molecule has 1 fully saturated rings. The SMILES string of the molecule is [Sn][S]C1CCS1. The second-order valence-corrected chi connectivity index (χ2v) is 5.64. The van der Waals surface area contributed by atoms with Crippen molar-refractivity contribution in [3.63, 3.8) is 0 Å². The molecule has 0 spiro atoms. The van der Waals surface area contributed by atoms with E-state index in [0.717, 1.165) is 4.58 Å². The molecule has 0 aromatic heterocycles. The summed E-state index contributed by atoms with van der Waals surface area (Å²) in [6.07, 6.45) is 1.46. The molecule has 6 heavy (non-hydrogen) atoms. The summed E-state index contributed by atoms with van der Waals surface area (Å²) in [7, 11) is 2.06. The molecule has 0 bridgehead atoms. The van der Waals surface area contributed by atoms with Crippen molar-refractivity contribution < 1.29 is 0 Å². The van der Waals surface area contributed by atoms with Crippen LogP contribution in [0.2, 0.25) is 0 Å². The number of thioether (sulfide) groups is 1.